The molecule has 5 nitrogen and oxygen atoms in total. The molecule has 1 aromatic carbocycles. The fourth-order valence-electron chi connectivity index (χ4n) is 2.35. The van der Waals surface area contributed by atoms with Crippen LogP contribution >= 0.6 is 34.9 Å². The third-order valence-corrected chi connectivity index (χ3v) is 6.72. The van der Waals surface area contributed by atoms with Crippen LogP contribution in [0.3, 0.4) is 0 Å². The van der Waals surface area contributed by atoms with Crippen molar-refractivity contribution in [2.45, 2.75) is 10.9 Å². The molecule has 142 valence electrons. The van der Waals surface area contributed by atoms with Gasteiger partial charge in [0, 0.05) is 41.0 Å². The van der Waals surface area contributed by atoms with E-state index >= 15 is 0 Å². The summed E-state index contributed by atoms with van der Waals surface area (Å²) < 4.78 is 7.15. The fraction of sp³-hybridized carbons (Fsp3) is 0.263. The fourth-order valence-corrected chi connectivity index (χ4v) is 4.85. The number of amides is 1. The third kappa shape index (κ3) is 6.05. The van der Waals surface area contributed by atoms with Crippen molar-refractivity contribution < 1.29 is 9.53 Å². The quantitative estimate of drug-likeness (QED) is 0.396. The van der Waals surface area contributed by atoms with Gasteiger partial charge in [-0.3, -0.25) is 9.36 Å². The lowest BCUT2D eigenvalue weighted by atomic mass is 10.3. The van der Waals surface area contributed by atoms with Crippen molar-refractivity contribution in [1.29, 1.82) is 0 Å². The van der Waals surface area contributed by atoms with E-state index in [1.54, 1.807) is 24.6 Å². The number of aromatic nitrogens is 2. The molecule has 3 aromatic rings. The number of thiophene rings is 1. The van der Waals surface area contributed by atoms with Crippen molar-refractivity contribution in [3.05, 3.63) is 59.0 Å². The van der Waals surface area contributed by atoms with Crippen LogP contribution in [0, 0.1) is 0 Å². The van der Waals surface area contributed by atoms with Crippen LogP contribution in [-0.4, -0.2) is 40.6 Å². The number of methoxy groups -OCH3 is 1. The maximum absolute atomic E-state index is 12.1. The van der Waals surface area contributed by atoms with Crippen molar-refractivity contribution in [3.63, 3.8) is 0 Å². The summed E-state index contributed by atoms with van der Waals surface area (Å²) in [7, 11) is 1.65. The molecular weight excluding hydrogens is 398 g/mol. The summed E-state index contributed by atoms with van der Waals surface area (Å²) in [6.45, 7) is 0.683. The summed E-state index contributed by atoms with van der Waals surface area (Å²) in [6.07, 6.45) is 3.63. The molecular formula is C19H21N3O2S3. The normalized spacial score (nSPS) is 10.7. The largest absolute Gasteiger partial charge is 0.497 e. The van der Waals surface area contributed by atoms with Gasteiger partial charge in [-0.05, 0) is 35.7 Å². The molecule has 27 heavy (non-hydrogen) atoms. The first-order chi connectivity index (χ1) is 13.3. The lowest BCUT2D eigenvalue weighted by molar-refractivity contribution is -0.118. The summed E-state index contributed by atoms with van der Waals surface area (Å²) in [4.78, 5) is 17.8. The number of carbonyl (C=O) groups excluding carboxylic acids is 1. The zero-order valence-electron chi connectivity index (χ0n) is 15.0. The van der Waals surface area contributed by atoms with Crippen LogP contribution < -0.4 is 10.1 Å². The second-order valence-electron chi connectivity index (χ2n) is 5.55. The lowest BCUT2D eigenvalue weighted by Gasteiger charge is -2.09. The predicted molar refractivity (Wildman–Crippen MR) is 114 cm³/mol. The first kappa shape index (κ1) is 19.9. The van der Waals surface area contributed by atoms with E-state index in [0.717, 1.165) is 28.1 Å². The lowest BCUT2D eigenvalue weighted by Crippen LogP contribution is -2.27. The summed E-state index contributed by atoms with van der Waals surface area (Å²) in [5, 5.41) is 5.85. The Hall–Kier alpha value is -1.90. The maximum Gasteiger partial charge on any atom is 0.230 e. The zero-order valence-corrected chi connectivity index (χ0v) is 17.4. The number of hydrogen-bond donors (Lipinski definition) is 1. The highest BCUT2D eigenvalue weighted by Crippen LogP contribution is 2.22. The Balaban J connectivity index is 1.40. The molecule has 2 heterocycles. The molecule has 0 aliphatic rings. The van der Waals surface area contributed by atoms with Gasteiger partial charge in [-0.2, -0.15) is 11.8 Å². The number of hydrogen-bond acceptors (Lipinski definition) is 6. The molecule has 1 amide bonds. The molecule has 1 N–H and O–H groups in total. The van der Waals surface area contributed by atoms with Crippen molar-refractivity contribution in [2.24, 2.45) is 0 Å². The van der Waals surface area contributed by atoms with Gasteiger partial charge in [0.25, 0.3) is 0 Å². The van der Waals surface area contributed by atoms with Gasteiger partial charge in [0.2, 0.25) is 5.91 Å². The molecule has 0 fully saturated rings. The van der Waals surface area contributed by atoms with Crippen LogP contribution in [-0.2, 0) is 10.5 Å². The summed E-state index contributed by atoms with van der Waals surface area (Å²) in [6, 6.07) is 12.0. The molecule has 0 radical (unpaired) electrons. The number of nitrogens with one attached hydrogen (secondary N) is 1. The molecule has 3 rings (SSSR count). The molecule has 0 saturated heterocycles. The van der Waals surface area contributed by atoms with E-state index in [-0.39, 0.29) is 5.91 Å². The van der Waals surface area contributed by atoms with E-state index in [9.17, 15) is 4.79 Å². The molecule has 0 aliphatic heterocycles. The first-order valence-electron chi connectivity index (χ1n) is 8.43. The summed E-state index contributed by atoms with van der Waals surface area (Å²) >= 11 is 5.03. The first-order valence-corrected chi connectivity index (χ1v) is 11.5. The molecule has 0 saturated carbocycles. The minimum atomic E-state index is 0.0287. The standard InChI is InChI=1S/C19H21N3O2S3/c1-24-16-6-4-15(5-7-16)22-10-8-21-19(22)27-14-18(23)20-9-12-25-13-17-3-2-11-26-17/h2-8,10-11H,9,12-14H2,1H3,(H,20,23). The number of rotatable bonds is 10. The Bertz CT molecular complexity index is 832. The van der Waals surface area contributed by atoms with Crippen LogP contribution in [0.5, 0.6) is 5.75 Å². The second kappa shape index (κ2) is 10.4. The van der Waals surface area contributed by atoms with Gasteiger partial charge in [-0.15, -0.1) is 11.3 Å². The van der Waals surface area contributed by atoms with Crippen LogP contribution in [0.2, 0.25) is 0 Å². The number of benzene rings is 1. The van der Waals surface area contributed by atoms with Gasteiger partial charge < -0.3 is 10.1 Å². The Labute approximate surface area is 171 Å². The third-order valence-electron chi connectivity index (χ3n) is 3.68. The summed E-state index contributed by atoms with van der Waals surface area (Å²) in [5.74, 6) is 3.10. The Morgan fingerprint density at radius 1 is 1.30 bits per heavy atom. The molecule has 2 aromatic heterocycles. The SMILES string of the molecule is COc1ccc(-n2ccnc2SCC(=O)NCCSCc2cccs2)cc1. The van der Waals surface area contributed by atoms with E-state index in [2.05, 4.69) is 27.8 Å². The van der Waals surface area contributed by atoms with Gasteiger partial charge in [-0.1, -0.05) is 17.8 Å². The molecule has 0 bridgehead atoms. The molecule has 0 aliphatic carbocycles. The Morgan fingerprint density at radius 2 is 2.15 bits per heavy atom. The zero-order chi connectivity index (χ0) is 18.9. The number of carbonyl (C=O) groups is 1. The van der Waals surface area contributed by atoms with Gasteiger partial charge in [0.05, 0.1) is 12.9 Å². The van der Waals surface area contributed by atoms with Crippen molar-refractivity contribution in [2.75, 3.05) is 25.2 Å². The van der Waals surface area contributed by atoms with E-state index in [0.29, 0.717) is 12.3 Å². The van der Waals surface area contributed by atoms with E-state index in [4.69, 9.17) is 4.74 Å². The van der Waals surface area contributed by atoms with Gasteiger partial charge in [-0.25, -0.2) is 4.98 Å². The number of thioether (sulfide) groups is 2. The molecule has 0 atom stereocenters. The van der Waals surface area contributed by atoms with Gasteiger partial charge in [0.15, 0.2) is 5.16 Å². The van der Waals surface area contributed by atoms with Crippen LogP contribution in [0.15, 0.2) is 59.3 Å². The van der Waals surface area contributed by atoms with Crippen LogP contribution in [0.25, 0.3) is 5.69 Å². The minimum Gasteiger partial charge on any atom is -0.497 e. The predicted octanol–water partition coefficient (Wildman–Crippen LogP) is 4.08. The topological polar surface area (TPSA) is 56.2 Å². The molecule has 8 heteroatoms. The average molecular weight is 420 g/mol. The van der Waals surface area contributed by atoms with Crippen molar-refractivity contribution in [3.8, 4) is 11.4 Å². The van der Waals surface area contributed by atoms with E-state index < -0.39 is 0 Å². The van der Waals surface area contributed by atoms with Crippen molar-refractivity contribution in [1.82, 2.24) is 14.9 Å². The van der Waals surface area contributed by atoms with Gasteiger partial charge in [0.1, 0.15) is 5.75 Å². The van der Waals surface area contributed by atoms with Crippen LogP contribution in [0.1, 0.15) is 4.88 Å². The number of ether oxygens (including phenoxy) is 1. The highest BCUT2D eigenvalue weighted by molar-refractivity contribution is 7.99. The Kier molecular flexibility index (Phi) is 7.67. The smallest absolute Gasteiger partial charge is 0.230 e. The van der Waals surface area contributed by atoms with Crippen LogP contribution in [0.4, 0.5) is 0 Å². The van der Waals surface area contributed by atoms with Gasteiger partial charge >= 0.3 is 0 Å². The summed E-state index contributed by atoms with van der Waals surface area (Å²) in [5.41, 5.74) is 0.987. The number of nitrogens with zero attached hydrogens (tertiary/aromatic N) is 2. The molecule has 0 unspecified atom stereocenters. The van der Waals surface area contributed by atoms with E-state index in [1.807, 2.05) is 46.8 Å². The highest BCUT2D eigenvalue weighted by atomic mass is 32.2. The number of imidazole rings is 1. The van der Waals surface area contributed by atoms with Crippen molar-refractivity contribution >= 4 is 40.8 Å². The van der Waals surface area contributed by atoms with E-state index in [1.165, 1.54) is 16.6 Å². The second-order valence-corrected chi connectivity index (χ2v) is 8.63. The average Bonchev–Trinajstić information content (AvgIpc) is 3.38. The maximum atomic E-state index is 12.1. The highest BCUT2D eigenvalue weighted by Gasteiger charge is 2.09. The minimum absolute atomic E-state index is 0.0287. The monoisotopic (exact) mass is 419 g/mol. The Morgan fingerprint density at radius 3 is 2.89 bits per heavy atom. The molecule has 0 spiro atoms.